The van der Waals surface area contributed by atoms with Gasteiger partial charge in [0, 0.05) is 12.6 Å². The predicted octanol–water partition coefficient (Wildman–Crippen LogP) is 0.814. The van der Waals surface area contributed by atoms with Gasteiger partial charge in [-0.15, -0.1) is 0 Å². The molecular formula is C13H17F2NO4. The van der Waals surface area contributed by atoms with Crippen molar-refractivity contribution >= 4 is 5.97 Å². The standard InChI is InChI=1S/C13H17F2NO4/c14-9-3-2-8(6-10(9)15)13(20)11(7-12(18)19)16-4-1-5-17/h2-3,6,11,13,16-17,20H,1,4-5,7H2,(H,18,19). The number of halogens is 2. The van der Waals surface area contributed by atoms with Gasteiger partial charge in [-0.2, -0.15) is 0 Å². The molecule has 0 aliphatic carbocycles. The highest BCUT2D eigenvalue weighted by molar-refractivity contribution is 5.67. The number of carboxylic acid groups (broad SMARTS) is 1. The molecular weight excluding hydrogens is 272 g/mol. The van der Waals surface area contributed by atoms with Crippen molar-refractivity contribution in [2.45, 2.75) is 25.0 Å². The number of rotatable bonds is 8. The molecule has 2 unspecified atom stereocenters. The van der Waals surface area contributed by atoms with Crippen LogP contribution in [0, 0.1) is 11.6 Å². The lowest BCUT2D eigenvalue weighted by atomic mass is 9.99. The predicted molar refractivity (Wildman–Crippen MR) is 67.1 cm³/mol. The van der Waals surface area contributed by atoms with Crippen LogP contribution >= 0.6 is 0 Å². The highest BCUT2D eigenvalue weighted by Crippen LogP contribution is 2.21. The molecule has 2 atom stereocenters. The van der Waals surface area contributed by atoms with Gasteiger partial charge in [-0.25, -0.2) is 8.78 Å². The fourth-order valence-corrected chi connectivity index (χ4v) is 1.78. The van der Waals surface area contributed by atoms with Crippen LogP contribution in [0.3, 0.4) is 0 Å². The van der Waals surface area contributed by atoms with E-state index in [-0.39, 0.29) is 18.6 Å². The highest BCUT2D eigenvalue weighted by atomic mass is 19.2. The lowest BCUT2D eigenvalue weighted by Crippen LogP contribution is -2.37. The van der Waals surface area contributed by atoms with Crippen molar-refractivity contribution in [2.24, 2.45) is 0 Å². The molecule has 1 rings (SSSR count). The van der Waals surface area contributed by atoms with E-state index in [2.05, 4.69) is 5.32 Å². The van der Waals surface area contributed by atoms with Crippen LogP contribution < -0.4 is 5.32 Å². The second kappa shape index (κ2) is 7.88. The molecule has 1 aromatic rings. The van der Waals surface area contributed by atoms with E-state index in [4.69, 9.17) is 10.2 Å². The Balaban J connectivity index is 2.81. The maximum Gasteiger partial charge on any atom is 0.305 e. The smallest absolute Gasteiger partial charge is 0.305 e. The molecule has 5 nitrogen and oxygen atoms in total. The number of carbonyl (C=O) groups is 1. The molecule has 0 aliphatic heterocycles. The van der Waals surface area contributed by atoms with Crippen LogP contribution in [0.15, 0.2) is 18.2 Å². The largest absolute Gasteiger partial charge is 0.481 e. The molecule has 0 radical (unpaired) electrons. The Kier molecular flexibility index (Phi) is 6.50. The van der Waals surface area contributed by atoms with Crippen LogP contribution in [0.25, 0.3) is 0 Å². The van der Waals surface area contributed by atoms with Crippen molar-refractivity contribution in [3.8, 4) is 0 Å². The lowest BCUT2D eigenvalue weighted by Gasteiger charge is -2.23. The van der Waals surface area contributed by atoms with Gasteiger partial charge in [-0.05, 0) is 30.7 Å². The van der Waals surface area contributed by atoms with Crippen LogP contribution in [0.5, 0.6) is 0 Å². The van der Waals surface area contributed by atoms with Crippen LogP contribution in [0.4, 0.5) is 8.78 Å². The van der Waals surface area contributed by atoms with Crippen molar-refractivity contribution in [1.82, 2.24) is 5.32 Å². The molecule has 112 valence electrons. The second-order valence-corrected chi connectivity index (χ2v) is 4.35. The molecule has 0 aromatic heterocycles. The molecule has 0 amide bonds. The average molecular weight is 289 g/mol. The molecule has 20 heavy (non-hydrogen) atoms. The summed E-state index contributed by atoms with van der Waals surface area (Å²) in [6, 6.07) is 2.05. The van der Waals surface area contributed by atoms with Crippen molar-refractivity contribution in [2.75, 3.05) is 13.2 Å². The third-order valence-corrected chi connectivity index (χ3v) is 2.80. The normalized spacial score (nSPS) is 14.0. The fourth-order valence-electron chi connectivity index (χ4n) is 1.78. The maximum atomic E-state index is 13.1. The monoisotopic (exact) mass is 289 g/mol. The molecule has 4 N–H and O–H groups in total. The molecule has 0 saturated heterocycles. The van der Waals surface area contributed by atoms with Crippen LogP contribution in [0.1, 0.15) is 24.5 Å². The number of nitrogens with one attached hydrogen (secondary N) is 1. The van der Waals surface area contributed by atoms with Gasteiger partial charge in [-0.3, -0.25) is 4.79 Å². The van der Waals surface area contributed by atoms with Gasteiger partial charge in [-0.1, -0.05) is 6.07 Å². The minimum Gasteiger partial charge on any atom is -0.481 e. The van der Waals surface area contributed by atoms with E-state index in [9.17, 15) is 18.7 Å². The molecule has 0 heterocycles. The van der Waals surface area contributed by atoms with Crippen molar-refractivity contribution in [3.05, 3.63) is 35.4 Å². The topological polar surface area (TPSA) is 89.8 Å². The van der Waals surface area contributed by atoms with Gasteiger partial charge in [0.25, 0.3) is 0 Å². The number of hydrogen-bond acceptors (Lipinski definition) is 4. The van der Waals surface area contributed by atoms with Gasteiger partial charge in [0.2, 0.25) is 0 Å². The first-order valence-electron chi connectivity index (χ1n) is 6.14. The minimum absolute atomic E-state index is 0.0753. The zero-order valence-corrected chi connectivity index (χ0v) is 10.7. The number of carboxylic acids is 1. The highest BCUT2D eigenvalue weighted by Gasteiger charge is 2.23. The fraction of sp³-hybridized carbons (Fsp3) is 0.462. The summed E-state index contributed by atoms with van der Waals surface area (Å²) in [6.07, 6.45) is -1.29. The summed E-state index contributed by atoms with van der Waals surface area (Å²) in [7, 11) is 0. The van der Waals surface area contributed by atoms with E-state index < -0.39 is 29.7 Å². The van der Waals surface area contributed by atoms with Crippen molar-refractivity contribution in [1.29, 1.82) is 0 Å². The molecule has 0 saturated carbocycles. The first-order valence-corrected chi connectivity index (χ1v) is 6.14. The summed E-state index contributed by atoms with van der Waals surface area (Å²) >= 11 is 0. The molecule has 7 heteroatoms. The number of aliphatic hydroxyl groups is 2. The Morgan fingerprint density at radius 1 is 1.30 bits per heavy atom. The van der Waals surface area contributed by atoms with Gasteiger partial charge >= 0.3 is 5.97 Å². The Labute approximate surface area is 114 Å². The Morgan fingerprint density at radius 3 is 2.55 bits per heavy atom. The number of benzene rings is 1. The summed E-state index contributed by atoms with van der Waals surface area (Å²) in [5.74, 6) is -3.27. The van der Waals surface area contributed by atoms with Crippen molar-refractivity contribution in [3.63, 3.8) is 0 Å². The van der Waals surface area contributed by atoms with Crippen molar-refractivity contribution < 1.29 is 28.9 Å². The van der Waals surface area contributed by atoms with Crippen LogP contribution in [0.2, 0.25) is 0 Å². The Bertz CT molecular complexity index is 456. The lowest BCUT2D eigenvalue weighted by molar-refractivity contribution is -0.138. The molecule has 0 aliphatic rings. The minimum atomic E-state index is -1.29. The first-order chi connectivity index (χ1) is 9.45. The summed E-state index contributed by atoms with van der Waals surface area (Å²) in [5, 5.41) is 30.3. The maximum absolute atomic E-state index is 13.1. The van der Waals surface area contributed by atoms with Crippen LogP contribution in [-0.4, -0.2) is 40.5 Å². The number of aliphatic hydroxyl groups excluding tert-OH is 2. The third kappa shape index (κ3) is 4.84. The second-order valence-electron chi connectivity index (χ2n) is 4.35. The van der Waals surface area contributed by atoms with E-state index in [1.165, 1.54) is 6.07 Å². The summed E-state index contributed by atoms with van der Waals surface area (Å²) in [6.45, 7) is 0.225. The van der Waals surface area contributed by atoms with Crippen LogP contribution in [-0.2, 0) is 4.79 Å². The van der Waals surface area contributed by atoms with Gasteiger partial charge in [0.05, 0.1) is 12.5 Å². The molecule has 0 fully saturated rings. The SMILES string of the molecule is O=C(O)CC(NCCCO)C(O)c1ccc(F)c(F)c1. The quantitative estimate of drug-likeness (QED) is 0.532. The van der Waals surface area contributed by atoms with Gasteiger partial charge < -0.3 is 20.6 Å². The van der Waals surface area contributed by atoms with Gasteiger partial charge in [0.1, 0.15) is 0 Å². The third-order valence-electron chi connectivity index (χ3n) is 2.80. The Hall–Kier alpha value is -1.57. The first kappa shape index (κ1) is 16.5. The zero-order chi connectivity index (χ0) is 15.1. The molecule has 1 aromatic carbocycles. The summed E-state index contributed by atoms with van der Waals surface area (Å²) in [4.78, 5) is 10.8. The Morgan fingerprint density at radius 2 is 2.00 bits per heavy atom. The van der Waals surface area contributed by atoms with E-state index in [1.807, 2.05) is 0 Å². The summed E-state index contributed by atoms with van der Waals surface area (Å²) < 4.78 is 25.9. The van der Waals surface area contributed by atoms with Gasteiger partial charge in [0.15, 0.2) is 11.6 Å². The molecule has 0 bridgehead atoms. The van der Waals surface area contributed by atoms with E-state index in [1.54, 1.807) is 0 Å². The number of aliphatic carboxylic acids is 1. The van der Waals surface area contributed by atoms with E-state index >= 15 is 0 Å². The summed E-state index contributed by atoms with van der Waals surface area (Å²) in [5.41, 5.74) is 0.0895. The van der Waals surface area contributed by atoms with E-state index in [0.29, 0.717) is 13.0 Å². The average Bonchev–Trinajstić information content (AvgIpc) is 2.40. The molecule has 0 spiro atoms. The van der Waals surface area contributed by atoms with E-state index in [0.717, 1.165) is 12.1 Å². The zero-order valence-electron chi connectivity index (χ0n) is 10.7. The number of hydrogen-bond donors (Lipinski definition) is 4.